The first-order valence-corrected chi connectivity index (χ1v) is 4.60. The van der Waals surface area contributed by atoms with Crippen LogP contribution in [0.4, 0.5) is 0 Å². The van der Waals surface area contributed by atoms with Gasteiger partial charge in [0.2, 0.25) is 5.96 Å². The van der Waals surface area contributed by atoms with Crippen molar-refractivity contribution in [2.24, 2.45) is 4.99 Å². The van der Waals surface area contributed by atoms with Crippen molar-refractivity contribution in [3.8, 4) is 5.75 Å². The van der Waals surface area contributed by atoms with Crippen LogP contribution in [0.3, 0.4) is 0 Å². The van der Waals surface area contributed by atoms with Crippen molar-refractivity contribution in [1.82, 2.24) is 10.6 Å². The number of phenols is 1. The average Bonchev–Trinajstić information content (AvgIpc) is 2.58. The lowest BCUT2D eigenvalue weighted by Gasteiger charge is -1.98. The Morgan fingerprint density at radius 2 is 1.62 bits per heavy atom. The van der Waals surface area contributed by atoms with E-state index >= 15 is 0 Å². The molecule has 2 rings (SSSR count). The SMILES string of the molecule is O=C1NC(=NCc2ccc(O)cc2)NC1=O. The molecule has 3 N–H and O–H groups in total. The van der Waals surface area contributed by atoms with E-state index in [9.17, 15) is 9.59 Å². The van der Waals surface area contributed by atoms with E-state index < -0.39 is 11.8 Å². The number of hydrogen-bond acceptors (Lipinski definition) is 4. The molecular formula is C10H9N3O3. The minimum Gasteiger partial charge on any atom is -0.508 e. The van der Waals surface area contributed by atoms with Crippen molar-refractivity contribution in [1.29, 1.82) is 0 Å². The normalized spacial score (nSPS) is 14.6. The number of aromatic hydroxyl groups is 1. The molecular weight excluding hydrogens is 210 g/mol. The second-order valence-corrected chi connectivity index (χ2v) is 3.24. The Bertz CT molecular complexity index is 447. The smallest absolute Gasteiger partial charge is 0.316 e. The third kappa shape index (κ3) is 2.17. The molecule has 1 aliphatic heterocycles. The van der Waals surface area contributed by atoms with Gasteiger partial charge in [0.05, 0.1) is 6.54 Å². The average molecular weight is 219 g/mol. The number of amides is 2. The summed E-state index contributed by atoms with van der Waals surface area (Å²) in [4.78, 5) is 25.6. The molecule has 0 aromatic heterocycles. The summed E-state index contributed by atoms with van der Waals surface area (Å²) >= 11 is 0. The minimum atomic E-state index is -0.704. The molecule has 2 amide bonds. The van der Waals surface area contributed by atoms with E-state index in [2.05, 4.69) is 15.6 Å². The summed E-state index contributed by atoms with van der Waals surface area (Å²) < 4.78 is 0. The number of rotatable bonds is 2. The van der Waals surface area contributed by atoms with Crippen LogP contribution in [0, 0.1) is 0 Å². The summed E-state index contributed by atoms with van der Waals surface area (Å²) in [6.45, 7) is 0.316. The molecule has 0 radical (unpaired) electrons. The Morgan fingerprint density at radius 3 is 2.19 bits per heavy atom. The van der Waals surface area contributed by atoms with Gasteiger partial charge in [-0.15, -0.1) is 0 Å². The molecule has 1 aliphatic rings. The third-order valence-corrected chi connectivity index (χ3v) is 2.03. The lowest BCUT2D eigenvalue weighted by Crippen LogP contribution is -2.25. The van der Waals surface area contributed by atoms with Gasteiger partial charge in [-0.25, -0.2) is 4.99 Å². The molecule has 1 aromatic carbocycles. The summed E-state index contributed by atoms with van der Waals surface area (Å²) in [5.74, 6) is -1.07. The van der Waals surface area contributed by atoms with Gasteiger partial charge in [0.15, 0.2) is 0 Å². The van der Waals surface area contributed by atoms with E-state index in [0.717, 1.165) is 5.56 Å². The van der Waals surface area contributed by atoms with E-state index in [1.165, 1.54) is 0 Å². The van der Waals surface area contributed by atoms with Gasteiger partial charge in [-0.05, 0) is 17.7 Å². The van der Waals surface area contributed by atoms with Crippen molar-refractivity contribution in [3.05, 3.63) is 29.8 Å². The Kier molecular flexibility index (Phi) is 2.55. The van der Waals surface area contributed by atoms with Gasteiger partial charge in [-0.2, -0.15) is 0 Å². The van der Waals surface area contributed by atoms with Crippen LogP contribution in [0.2, 0.25) is 0 Å². The molecule has 0 unspecified atom stereocenters. The molecule has 0 atom stereocenters. The molecule has 1 aromatic rings. The maximum atomic E-state index is 10.8. The summed E-state index contributed by atoms with van der Waals surface area (Å²) in [7, 11) is 0. The number of benzene rings is 1. The summed E-state index contributed by atoms with van der Waals surface area (Å²) in [6, 6.07) is 6.50. The van der Waals surface area contributed by atoms with E-state index in [1.807, 2.05) is 0 Å². The van der Waals surface area contributed by atoms with Gasteiger partial charge < -0.3 is 5.11 Å². The van der Waals surface area contributed by atoms with Gasteiger partial charge in [0.1, 0.15) is 5.75 Å². The van der Waals surface area contributed by atoms with Gasteiger partial charge in [-0.1, -0.05) is 12.1 Å². The van der Waals surface area contributed by atoms with Crippen LogP contribution in [-0.4, -0.2) is 22.9 Å². The second-order valence-electron chi connectivity index (χ2n) is 3.24. The first-order chi connectivity index (χ1) is 7.65. The quantitative estimate of drug-likeness (QED) is 0.585. The van der Waals surface area contributed by atoms with Gasteiger partial charge >= 0.3 is 11.8 Å². The molecule has 0 bridgehead atoms. The highest BCUT2D eigenvalue weighted by atomic mass is 16.3. The van der Waals surface area contributed by atoms with Crippen LogP contribution in [0.15, 0.2) is 29.3 Å². The highest BCUT2D eigenvalue weighted by Gasteiger charge is 2.24. The highest BCUT2D eigenvalue weighted by molar-refractivity contribution is 6.45. The molecule has 82 valence electrons. The number of guanidine groups is 1. The number of carbonyl (C=O) groups is 2. The van der Waals surface area contributed by atoms with Crippen LogP contribution in [-0.2, 0) is 16.1 Å². The summed E-state index contributed by atoms with van der Waals surface area (Å²) in [5.41, 5.74) is 0.862. The predicted octanol–water partition coefficient (Wildman–Crippen LogP) is -0.506. The molecule has 0 saturated carbocycles. The minimum absolute atomic E-state index is 0.156. The van der Waals surface area contributed by atoms with Crippen molar-refractivity contribution < 1.29 is 14.7 Å². The Hall–Kier alpha value is -2.37. The lowest BCUT2D eigenvalue weighted by atomic mass is 10.2. The van der Waals surface area contributed by atoms with E-state index in [4.69, 9.17) is 5.11 Å². The zero-order chi connectivity index (χ0) is 11.5. The highest BCUT2D eigenvalue weighted by Crippen LogP contribution is 2.10. The van der Waals surface area contributed by atoms with Crippen molar-refractivity contribution in [3.63, 3.8) is 0 Å². The molecule has 16 heavy (non-hydrogen) atoms. The van der Waals surface area contributed by atoms with Gasteiger partial charge in [0.25, 0.3) is 0 Å². The maximum absolute atomic E-state index is 10.8. The van der Waals surface area contributed by atoms with E-state index in [1.54, 1.807) is 24.3 Å². The fourth-order valence-electron chi connectivity index (χ4n) is 1.21. The number of nitrogens with zero attached hydrogens (tertiary/aromatic N) is 1. The molecule has 6 heteroatoms. The van der Waals surface area contributed by atoms with Crippen molar-refractivity contribution >= 4 is 17.8 Å². The Balaban J connectivity index is 2.02. The summed E-state index contributed by atoms with van der Waals surface area (Å²) in [5, 5.41) is 13.6. The zero-order valence-electron chi connectivity index (χ0n) is 8.23. The van der Waals surface area contributed by atoms with Crippen molar-refractivity contribution in [2.45, 2.75) is 6.54 Å². The fourth-order valence-corrected chi connectivity index (χ4v) is 1.21. The van der Waals surface area contributed by atoms with Gasteiger partial charge in [-0.3, -0.25) is 20.2 Å². The molecule has 1 saturated heterocycles. The lowest BCUT2D eigenvalue weighted by molar-refractivity contribution is -0.135. The molecule has 6 nitrogen and oxygen atoms in total. The Morgan fingerprint density at radius 1 is 1.06 bits per heavy atom. The van der Waals surface area contributed by atoms with Crippen LogP contribution >= 0.6 is 0 Å². The maximum Gasteiger partial charge on any atom is 0.316 e. The molecule has 1 heterocycles. The van der Waals surface area contributed by atoms with Gasteiger partial charge in [0, 0.05) is 0 Å². The van der Waals surface area contributed by atoms with Crippen LogP contribution in [0.1, 0.15) is 5.56 Å². The Labute approximate surface area is 91.0 Å². The van der Waals surface area contributed by atoms with Crippen LogP contribution in [0.25, 0.3) is 0 Å². The fraction of sp³-hybridized carbons (Fsp3) is 0.100. The third-order valence-electron chi connectivity index (χ3n) is 2.03. The standard InChI is InChI=1S/C10H9N3O3/c14-7-3-1-6(2-4-7)5-11-10-12-8(15)9(16)13-10/h1-4,14H,5H2,(H2,11,12,13,15,16). The first kappa shape index (κ1) is 10.2. The number of carbonyl (C=O) groups excluding carboxylic acids is 2. The second kappa shape index (κ2) is 4.01. The number of hydrogen-bond donors (Lipinski definition) is 3. The first-order valence-electron chi connectivity index (χ1n) is 4.60. The monoisotopic (exact) mass is 219 g/mol. The van der Waals surface area contributed by atoms with Crippen molar-refractivity contribution in [2.75, 3.05) is 0 Å². The molecule has 1 fully saturated rings. The number of nitrogens with one attached hydrogen (secondary N) is 2. The van der Waals surface area contributed by atoms with Crippen LogP contribution in [0.5, 0.6) is 5.75 Å². The van der Waals surface area contributed by atoms with E-state index in [0.29, 0.717) is 6.54 Å². The topological polar surface area (TPSA) is 90.8 Å². The van der Waals surface area contributed by atoms with E-state index in [-0.39, 0.29) is 11.7 Å². The number of phenolic OH excluding ortho intramolecular Hbond substituents is 1. The molecule has 0 spiro atoms. The zero-order valence-corrected chi connectivity index (χ0v) is 8.23. The summed E-state index contributed by atoms with van der Waals surface area (Å²) in [6.07, 6.45) is 0. The molecule has 0 aliphatic carbocycles. The largest absolute Gasteiger partial charge is 0.508 e. The predicted molar refractivity (Wildman–Crippen MR) is 55.5 cm³/mol. The van der Waals surface area contributed by atoms with Crippen LogP contribution < -0.4 is 10.6 Å². The number of aliphatic imine (C=N–C) groups is 1.